The monoisotopic (exact) mass is 595 g/mol. The van der Waals surface area contributed by atoms with E-state index in [1.165, 1.54) is 56.8 Å². The number of rotatable bonds is 14. The molecule has 0 radical (unpaired) electrons. The third kappa shape index (κ3) is 7.36. The van der Waals surface area contributed by atoms with Gasteiger partial charge in [-0.25, -0.2) is 0 Å². The number of ketones is 1. The van der Waals surface area contributed by atoms with E-state index in [1.807, 2.05) is 12.1 Å². The lowest BCUT2D eigenvalue weighted by Gasteiger charge is -2.40. The summed E-state index contributed by atoms with van der Waals surface area (Å²) >= 11 is 0. The van der Waals surface area contributed by atoms with E-state index in [2.05, 4.69) is 62.5 Å². The largest absolute Gasteiger partial charge is 0.493 e. The Labute approximate surface area is 263 Å². The normalized spacial score (nSPS) is 17.2. The number of carbonyl (C=O) groups is 2. The fraction of sp³-hybridized carbons (Fsp3) is 0.487. The Bertz CT molecular complexity index is 1520. The molecule has 0 amide bonds. The summed E-state index contributed by atoms with van der Waals surface area (Å²) < 4.78 is 11.5. The summed E-state index contributed by atoms with van der Waals surface area (Å²) in [5.74, 6) is 0.858. The van der Waals surface area contributed by atoms with Gasteiger partial charge < -0.3 is 14.8 Å². The van der Waals surface area contributed by atoms with Crippen LogP contribution in [0.1, 0.15) is 121 Å². The van der Waals surface area contributed by atoms with Crippen molar-refractivity contribution in [3.63, 3.8) is 0 Å². The van der Waals surface area contributed by atoms with Crippen molar-refractivity contribution in [3.8, 4) is 11.5 Å². The highest BCUT2D eigenvalue weighted by Gasteiger charge is 2.41. The Morgan fingerprint density at radius 1 is 0.864 bits per heavy atom. The van der Waals surface area contributed by atoms with Crippen LogP contribution in [0.5, 0.6) is 11.5 Å². The Kier molecular flexibility index (Phi) is 10.5. The maximum atomic E-state index is 13.8. The lowest BCUT2D eigenvalue weighted by Crippen LogP contribution is -2.33. The van der Waals surface area contributed by atoms with Gasteiger partial charge in [-0.1, -0.05) is 115 Å². The zero-order chi connectivity index (χ0) is 31.1. The number of unbranched alkanes of at least 4 members (excludes halogenated alkanes) is 9. The standard InChI is InChI=1S/C39H49NO4/c1-5-6-7-8-9-10-11-12-13-14-19-35(42)44-33-23-21-28(24-34(33)43-4)38-37-30(25-39(2,3)26-32(37)41)36-29-18-16-15-17-27(29)20-22-31(36)40-38/h15-18,20-24,38,40H,5-14,19,25-26H2,1-4H3/t38-/m0/s1. The average molecular weight is 596 g/mol. The number of hydrogen-bond acceptors (Lipinski definition) is 5. The van der Waals surface area contributed by atoms with Gasteiger partial charge in [-0.05, 0) is 58.4 Å². The van der Waals surface area contributed by atoms with Gasteiger partial charge in [0.1, 0.15) is 0 Å². The summed E-state index contributed by atoms with van der Waals surface area (Å²) in [6.07, 6.45) is 14.0. The molecule has 1 N–H and O–H groups in total. The number of carbonyl (C=O) groups excluding carboxylic acids is 2. The Hall–Kier alpha value is -3.60. The van der Waals surface area contributed by atoms with E-state index in [9.17, 15) is 9.59 Å². The van der Waals surface area contributed by atoms with Gasteiger partial charge in [0, 0.05) is 29.7 Å². The number of benzene rings is 3. The van der Waals surface area contributed by atoms with Gasteiger partial charge in [0.05, 0.1) is 13.2 Å². The number of ether oxygens (including phenoxy) is 2. The molecule has 1 aliphatic carbocycles. The Morgan fingerprint density at radius 2 is 1.57 bits per heavy atom. The molecule has 0 fully saturated rings. The van der Waals surface area contributed by atoms with E-state index in [1.54, 1.807) is 13.2 Å². The van der Waals surface area contributed by atoms with Crippen molar-refractivity contribution in [1.82, 2.24) is 0 Å². The first-order valence-electron chi connectivity index (χ1n) is 16.7. The number of fused-ring (bicyclic) bond motifs is 4. The smallest absolute Gasteiger partial charge is 0.311 e. The van der Waals surface area contributed by atoms with E-state index in [0.29, 0.717) is 24.3 Å². The zero-order valence-electron chi connectivity index (χ0n) is 27.1. The Morgan fingerprint density at radius 3 is 2.30 bits per heavy atom. The predicted molar refractivity (Wildman–Crippen MR) is 180 cm³/mol. The summed E-state index contributed by atoms with van der Waals surface area (Å²) in [7, 11) is 1.59. The van der Waals surface area contributed by atoms with E-state index in [0.717, 1.165) is 52.6 Å². The second-order valence-corrected chi connectivity index (χ2v) is 13.4. The quantitative estimate of drug-likeness (QED) is 0.114. The molecule has 5 heteroatoms. The van der Waals surface area contributed by atoms with Crippen molar-refractivity contribution < 1.29 is 19.1 Å². The molecule has 3 aromatic rings. The lowest BCUT2D eigenvalue weighted by atomic mass is 9.68. The molecule has 2 aliphatic rings. The minimum Gasteiger partial charge on any atom is -0.493 e. The first kappa shape index (κ1) is 31.8. The summed E-state index contributed by atoms with van der Waals surface area (Å²) in [6, 6.07) is 18.0. The summed E-state index contributed by atoms with van der Waals surface area (Å²) in [5, 5.41) is 6.02. The highest BCUT2D eigenvalue weighted by atomic mass is 16.6. The second kappa shape index (κ2) is 14.5. The molecule has 1 aliphatic heterocycles. The van der Waals surface area contributed by atoms with Gasteiger partial charge in [-0.3, -0.25) is 9.59 Å². The molecule has 234 valence electrons. The SMILES string of the molecule is CCCCCCCCCCCCC(=O)Oc1ccc([C@@H]2Nc3ccc4ccccc4c3C3=C2C(=O)CC(C)(C)C3)cc1OC. The number of methoxy groups -OCH3 is 1. The average Bonchev–Trinajstić information content (AvgIpc) is 3.00. The fourth-order valence-corrected chi connectivity index (χ4v) is 6.97. The first-order valence-corrected chi connectivity index (χ1v) is 16.7. The fourth-order valence-electron chi connectivity index (χ4n) is 6.97. The van der Waals surface area contributed by atoms with Gasteiger partial charge in [0.2, 0.25) is 0 Å². The van der Waals surface area contributed by atoms with Gasteiger partial charge >= 0.3 is 5.97 Å². The molecule has 3 aromatic carbocycles. The number of hydrogen-bond donors (Lipinski definition) is 1. The molecule has 0 spiro atoms. The van der Waals surface area contributed by atoms with Crippen LogP contribution in [0.15, 0.2) is 60.2 Å². The number of nitrogens with one attached hydrogen (secondary N) is 1. The van der Waals surface area contributed by atoms with E-state index >= 15 is 0 Å². The lowest BCUT2D eigenvalue weighted by molar-refractivity contribution is -0.134. The van der Waals surface area contributed by atoms with Crippen LogP contribution in [0, 0.1) is 5.41 Å². The third-order valence-electron chi connectivity index (χ3n) is 9.22. The molecule has 0 unspecified atom stereocenters. The van der Waals surface area contributed by atoms with Crippen LogP contribution in [0.4, 0.5) is 5.69 Å². The minimum atomic E-state index is -0.312. The van der Waals surface area contributed by atoms with Crippen LogP contribution in [0.25, 0.3) is 16.3 Å². The van der Waals surface area contributed by atoms with Crippen molar-refractivity contribution in [3.05, 3.63) is 71.3 Å². The van der Waals surface area contributed by atoms with Crippen molar-refractivity contribution in [2.75, 3.05) is 12.4 Å². The van der Waals surface area contributed by atoms with E-state index in [4.69, 9.17) is 9.47 Å². The van der Waals surface area contributed by atoms with Crippen molar-refractivity contribution in [1.29, 1.82) is 0 Å². The van der Waals surface area contributed by atoms with Crippen LogP contribution in [0.3, 0.4) is 0 Å². The molecule has 5 rings (SSSR count). The highest BCUT2D eigenvalue weighted by Crippen LogP contribution is 2.52. The predicted octanol–water partition coefficient (Wildman–Crippen LogP) is 10.4. The molecular weight excluding hydrogens is 546 g/mol. The molecule has 0 aromatic heterocycles. The molecule has 0 saturated heterocycles. The third-order valence-corrected chi connectivity index (χ3v) is 9.22. The summed E-state index contributed by atoms with van der Waals surface area (Å²) in [4.78, 5) is 26.5. The van der Waals surface area contributed by atoms with Crippen molar-refractivity contribution in [2.24, 2.45) is 5.41 Å². The molecule has 1 atom stereocenters. The van der Waals surface area contributed by atoms with Crippen LogP contribution >= 0.6 is 0 Å². The van der Waals surface area contributed by atoms with Crippen molar-refractivity contribution >= 4 is 33.8 Å². The van der Waals surface area contributed by atoms with E-state index in [-0.39, 0.29) is 23.2 Å². The molecule has 44 heavy (non-hydrogen) atoms. The number of esters is 1. The second-order valence-electron chi connectivity index (χ2n) is 13.4. The molecule has 1 heterocycles. The van der Waals surface area contributed by atoms with Crippen LogP contribution in [0.2, 0.25) is 0 Å². The van der Waals surface area contributed by atoms with E-state index < -0.39 is 0 Å². The van der Waals surface area contributed by atoms with Gasteiger partial charge in [0.25, 0.3) is 0 Å². The number of Topliss-reactive ketones (excluding diaryl/α,β-unsaturated/α-hetero) is 1. The minimum absolute atomic E-state index is 0.115. The molecule has 0 saturated carbocycles. The summed E-state index contributed by atoms with van der Waals surface area (Å²) in [5.41, 5.74) is 4.93. The van der Waals surface area contributed by atoms with Gasteiger partial charge in [-0.15, -0.1) is 0 Å². The first-order chi connectivity index (χ1) is 21.3. The van der Waals surface area contributed by atoms with Crippen LogP contribution in [-0.4, -0.2) is 18.9 Å². The number of allylic oxidation sites excluding steroid dienone is 1. The number of anilines is 1. The van der Waals surface area contributed by atoms with Crippen LogP contribution < -0.4 is 14.8 Å². The topological polar surface area (TPSA) is 64.6 Å². The maximum absolute atomic E-state index is 13.8. The van der Waals surface area contributed by atoms with Gasteiger partial charge in [0.15, 0.2) is 17.3 Å². The zero-order valence-corrected chi connectivity index (χ0v) is 27.1. The van der Waals surface area contributed by atoms with Crippen molar-refractivity contribution in [2.45, 2.75) is 110 Å². The molecular formula is C39H49NO4. The summed E-state index contributed by atoms with van der Waals surface area (Å²) in [6.45, 7) is 6.61. The van der Waals surface area contributed by atoms with Gasteiger partial charge in [-0.2, -0.15) is 0 Å². The molecule has 5 nitrogen and oxygen atoms in total. The maximum Gasteiger partial charge on any atom is 0.311 e. The molecule has 0 bridgehead atoms. The van der Waals surface area contributed by atoms with Crippen LogP contribution in [-0.2, 0) is 9.59 Å². The Balaban J connectivity index is 1.28. The highest BCUT2D eigenvalue weighted by molar-refractivity contribution is 6.12.